The standard InChI is InChI=1S/C10H13N5O/c11-8-5-9(14-6-8)10(16)13-2-4-15-3-1-12-7-15/h1,3,5-7,14H,2,4,11H2,(H,13,16). The van der Waals surface area contributed by atoms with E-state index >= 15 is 0 Å². The monoisotopic (exact) mass is 219 g/mol. The molecule has 6 heteroatoms. The Balaban J connectivity index is 1.80. The minimum absolute atomic E-state index is 0.156. The fraction of sp³-hybridized carbons (Fsp3) is 0.200. The number of nitrogens with zero attached hydrogens (tertiary/aromatic N) is 2. The van der Waals surface area contributed by atoms with E-state index in [1.807, 2.05) is 10.8 Å². The van der Waals surface area contributed by atoms with Crippen molar-refractivity contribution in [3.63, 3.8) is 0 Å². The number of hydrogen-bond donors (Lipinski definition) is 3. The van der Waals surface area contributed by atoms with E-state index in [0.717, 1.165) is 0 Å². The molecule has 0 unspecified atom stereocenters. The largest absolute Gasteiger partial charge is 0.397 e. The van der Waals surface area contributed by atoms with Gasteiger partial charge in [-0.15, -0.1) is 0 Å². The summed E-state index contributed by atoms with van der Waals surface area (Å²) in [6.07, 6.45) is 6.84. The molecule has 0 aliphatic carbocycles. The minimum Gasteiger partial charge on any atom is -0.397 e. The third kappa shape index (κ3) is 2.41. The van der Waals surface area contributed by atoms with Gasteiger partial charge in [0.05, 0.1) is 6.33 Å². The lowest BCUT2D eigenvalue weighted by atomic mass is 10.4. The van der Waals surface area contributed by atoms with Crippen LogP contribution in [0.2, 0.25) is 0 Å². The first-order valence-electron chi connectivity index (χ1n) is 4.93. The number of carbonyl (C=O) groups excluding carboxylic acids is 1. The van der Waals surface area contributed by atoms with E-state index < -0.39 is 0 Å². The maximum Gasteiger partial charge on any atom is 0.267 e. The average Bonchev–Trinajstić information content (AvgIpc) is 2.89. The Morgan fingerprint density at radius 1 is 1.62 bits per heavy atom. The van der Waals surface area contributed by atoms with E-state index in [1.165, 1.54) is 0 Å². The third-order valence-corrected chi connectivity index (χ3v) is 2.16. The fourth-order valence-corrected chi connectivity index (χ4v) is 1.35. The Bertz CT molecular complexity index is 459. The van der Waals surface area contributed by atoms with E-state index in [0.29, 0.717) is 24.5 Å². The first-order chi connectivity index (χ1) is 7.75. The van der Waals surface area contributed by atoms with Crippen molar-refractivity contribution in [1.82, 2.24) is 19.9 Å². The first kappa shape index (κ1) is 10.3. The molecule has 1 amide bonds. The highest BCUT2D eigenvalue weighted by molar-refractivity contribution is 5.93. The van der Waals surface area contributed by atoms with Crippen LogP contribution in [0.25, 0.3) is 0 Å². The Hall–Kier alpha value is -2.24. The Morgan fingerprint density at radius 2 is 2.50 bits per heavy atom. The molecule has 0 atom stereocenters. The zero-order valence-corrected chi connectivity index (χ0v) is 8.68. The maximum absolute atomic E-state index is 11.6. The van der Waals surface area contributed by atoms with Gasteiger partial charge in [0.1, 0.15) is 5.69 Å². The highest BCUT2D eigenvalue weighted by Gasteiger charge is 2.06. The second kappa shape index (κ2) is 4.52. The SMILES string of the molecule is Nc1c[nH]c(C(=O)NCCn2ccnc2)c1. The Morgan fingerprint density at radius 3 is 3.12 bits per heavy atom. The number of nitrogens with one attached hydrogen (secondary N) is 2. The lowest BCUT2D eigenvalue weighted by molar-refractivity contribution is 0.0948. The number of carbonyl (C=O) groups is 1. The molecule has 2 rings (SSSR count). The highest BCUT2D eigenvalue weighted by atomic mass is 16.1. The van der Waals surface area contributed by atoms with Gasteiger partial charge >= 0.3 is 0 Å². The third-order valence-electron chi connectivity index (χ3n) is 2.16. The molecular weight excluding hydrogens is 206 g/mol. The van der Waals surface area contributed by atoms with Crippen LogP contribution in [-0.4, -0.2) is 27.0 Å². The van der Waals surface area contributed by atoms with Crippen molar-refractivity contribution in [1.29, 1.82) is 0 Å². The summed E-state index contributed by atoms with van der Waals surface area (Å²) >= 11 is 0. The topological polar surface area (TPSA) is 88.7 Å². The second-order valence-electron chi connectivity index (χ2n) is 3.40. The number of anilines is 1. The van der Waals surface area contributed by atoms with Crippen molar-refractivity contribution in [3.8, 4) is 0 Å². The summed E-state index contributed by atoms with van der Waals surface area (Å²) in [6.45, 7) is 1.25. The van der Waals surface area contributed by atoms with Gasteiger partial charge in [-0.2, -0.15) is 0 Å². The van der Waals surface area contributed by atoms with Crippen LogP contribution < -0.4 is 11.1 Å². The molecule has 0 saturated carbocycles. The molecule has 2 aromatic rings. The molecule has 2 aromatic heterocycles. The number of hydrogen-bond acceptors (Lipinski definition) is 3. The van der Waals surface area contributed by atoms with Gasteiger partial charge < -0.3 is 20.6 Å². The van der Waals surface area contributed by atoms with Crippen molar-refractivity contribution < 1.29 is 4.79 Å². The van der Waals surface area contributed by atoms with Gasteiger partial charge in [0.2, 0.25) is 0 Å². The summed E-state index contributed by atoms with van der Waals surface area (Å²) in [7, 11) is 0. The summed E-state index contributed by atoms with van der Waals surface area (Å²) in [4.78, 5) is 18.3. The van der Waals surface area contributed by atoms with Gasteiger partial charge in [-0.25, -0.2) is 4.98 Å². The quantitative estimate of drug-likeness (QED) is 0.687. The molecular formula is C10H13N5O. The smallest absolute Gasteiger partial charge is 0.267 e. The molecule has 0 bridgehead atoms. The number of nitrogen functional groups attached to an aromatic ring is 1. The number of nitrogens with two attached hydrogens (primary N) is 1. The fourth-order valence-electron chi connectivity index (χ4n) is 1.35. The molecule has 0 spiro atoms. The van der Waals surface area contributed by atoms with E-state index in [4.69, 9.17) is 5.73 Å². The van der Waals surface area contributed by atoms with Crippen molar-refractivity contribution >= 4 is 11.6 Å². The molecule has 0 radical (unpaired) electrons. The molecule has 6 nitrogen and oxygen atoms in total. The summed E-state index contributed by atoms with van der Waals surface area (Å²) in [5, 5.41) is 2.78. The predicted molar refractivity (Wildman–Crippen MR) is 59.8 cm³/mol. The number of aromatic amines is 1. The normalized spacial score (nSPS) is 10.2. The van der Waals surface area contributed by atoms with Gasteiger partial charge in [-0.1, -0.05) is 0 Å². The average molecular weight is 219 g/mol. The van der Waals surface area contributed by atoms with Crippen molar-refractivity contribution in [3.05, 3.63) is 36.7 Å². The minimum atomic E-state index is -0.156. The van der Waals surface area contributed by atoms with Crippen LogP contribution >= 0.6 is 0 Å². The van der Waals surface area contributed by atoms with Gasteiger partial charge in [0.15, 0.2) is 0 Å². The lowest BCUT2D eigenvalue weighted by Gasteiger charge is -2.04. The molecule has 0 fully saturated rings. The molecule has 0 aromatic carbocycles. The molecule has 0 aliphatic heterocycles. The van der Waals surface area contributed by atoms with Crippen LogP contribution in [0, 0.1) is 0 Å². The number of amides is 1. The van der Waals surface area contributed by atoms with Crippen molar-refractivity contribution in [2.24, 2.45) is 0 Å². The van der Waals surface area contributed by atoms with Gasteiger partial charge in [-0.05, 0) is 6.07 Å². The lowest BCUT2D eigenvalue weighted by Crippen LogP contribution is -2.27. The molecule has 2 heterocycles. The van der Waals surface area contributed by atoms with Crippen LogP contribution in [-0.2, 0) is 6.54 Å². The van der Waals surface area contributed by atoms with Crippen molar-refractivity contribution in [2.45, 2.75) is 6.54 Å². The maximum atomic E-state index is 11.6. The summed E-state index contributed by atoms with van der Waals surface area (Å²) < 4.78 is 1.89. The van der Waals surface area contributed by atoms with Crippen LogP contribution in [0.5, 0.6) is 0 Å². The predicted octanol–water partition coefficient (Wildman–Crippen LogP) is 0.223. The number of rotatable bonds is 4. The first-order valence-corrected chi connectivity index (χ1v) is 4.93. The van der Waals surface area contributed by atoms with Gasteiger partial charge in [0, 0.05) is 37.4 Å². The summed E-state index contributed by atoms with van der Waals surface area (Å²) in [6, 6.07) is 1.60. The van der Waals surface area contributed by atoms with E-state index in [2.05, 4.69) is 15.3 Å². The molecule has 0 saturated heterocycles. The second-order valence-corrected chi connectivity index (χ2v) is 3.40. The van der Waals surface area contributed by atoms with Crippen LogP contribution in [0.4, 0.5) is 5.69 Å². The van der Waals surface area contributed by atoms with Crippen LogP contribution in [0.1, 0.15) is 10.5 Å². The zero-order valence-electron chi connectivity index (χ0n) is 8.68. The van der Waals surface area contributed by atoms with E-state index in [-0.39, 0.29) is 5.91 Å². The molecule has 4 N–H and O–H groups in total. The van der Waals surface area contributed by atoms with Crippen molar-refractivity contribution in [2.75, 3.05) is 12.3 Å². The Kier molecular flexibility index (Phi) is 2.90. The molecule has 84 valence electrons. The Labute approximate surface area is 92.5 Å². The zero-order chi connectivity index (χ0) is 11.4. The van der Waals surface area contributed by atoms with E-state index in [1.54, 1.807) is 24.8 Å². The van der Waals surface area contributed by atoms with Gasteiger partial charge in [-0.3, -0.25) is 4.79 Å². The molecule has 0 aliphatic rings. The highest BCUT2D eigenvalue weighted by Crippen LogP contribution is 2.03. The van der Waals surface area contributed by atoms with Crippen LogP contribution in [0.15, 0.2) is 31.0 Å². The van der Waals surface area contributed by atoms with E-state index in [9.17, 15) is 4.79 Å². The molecule has 16 heavy (non-hydrogen) atoms. The summed E-state index contributed by atoms with van der Waals surface area (Å²) in [5.74, 6) is -0.156. The number of aromatic nitrogens is 3. The van der Waals surface area contributed by atoms with Gasteiger partial charge in [0.25, 0.3) is 5.91 Å². The van der Waals surface area contributed by atoms with Crippen LogP contribution in [0.3, 0.4) is 0 Å². The summed E-state index contributed by atoms with van der Waals surface area (Å²) in [5.41, 5.74) is 6.53. The number of H-pyrrole nitrogens is 1. The number of imidazole rings is 1.